The van der Waals surface area contributed by atoms with Crippen LogP contribution in [0.5, 0.6) is 0 Å². The first-order valence-electron chi connectivity index (χ1n) is 5.58. The Kier molecular flexibility index (Phi) is 3.06. The first-order chi connectivity index (χ1) is 6.81. The summed E-state index contributed by atoms with van der Waals surface area (Å²) in [6.07, 6.45) is 8.69. The molecule has 1 heterocycles. The Bertz CT molecular complexity index is 346. The molecule has 1 saturated carbocycles. The Morgan fingerprint density at radius 1 is 1.57 bits per heavy atom. The van der Waals surface area contributed by atoms with Crippen LogP contribution in [0.15, 0.2) is 6.20 Å². The fourth-order valence-electron chi connectivity index (χ4n) is 1.91. The molecule has 1 aromatic heterocycles. The lowest BCUT2D eigenvalue weighted by atomic mass is 10.2. The lowest BCUT2D eigenvalue weighted by Gasteiger charge is -2.05. The van der Waals surface area contributed by atoms with E-state index in [1.54, 1.807) is 0 Å². The summed E-state index contributed by atoms with van der Waals surface area (Å²) in [7, 11) is 0. The van der Waals surface area contributed by atoms with E-state index in [0.717, 1.165) is 23.7 Å². The molecule has 1 aromatic rings. The molecule has 0 saturated heterocycles. The maximum Gasteiger partial charge on any atom is 0.177 e. The van der Waals surface area contributed by atoms with Crippen molar-refractivity contribution in [1.82, 2.24) is 9.55 Å². The van der Waals surface area contributed by atoms with Crippen molar-refractivity contribution in [2.75, 3.05) is 0 Å². The number of rotatable bonds is 5. The molecular weight excluding hydrogens is 192 g/mol. The van der Waals surface area contributed by atoms with Gasteiger partial charge in [0.15, 0.2) is 4.77 Å². The maximum absolute atomic E-state index is 5.24. The van der Waals surface area contributed by atoms with Gasteiger partial charge in [-0.05, 0) is 37.4 Å². The Balaban J connectivity index is 1.92. The molecule has 1 fully saturated rings. The SMILES string of the molecule is CCc1c[nH]c(=S)n1CCCC1CC1. The van der Waals surface area contributed by atoms with Gasteiger partial charge in [-0.3, -0.25) is 0 Å². The summed E-state index contributed by atoms with van der Waals surface area (Å²) in [6.45, 7) is 3.28. The Morgan fingerprint density at radius 3 is 3.00 bits per heavy atom. The highest BCUT2D eigenvalue weighted by atomic mass is 32.1. The van der Waals surface area contributed by atoms with Gasteiger partial charge in [-0.2, -0.15) is 0 Å². The summed E-state index contributed by atoms with van der Waals surface area (Å²) in [5.41, 5.74) is 1.34. The normalized spacial score (nSPS) is 16.1. The minimum atomic E-state index is 0.887. The van der Waals surface area contributed by atoms with E-state index in [4.69, 9.17) is 12.2 Å². The fourth-order valence-corrected chi connectivity index (χ4v) is 2.18. The molecule has 0 atom stereocenters. The van der Waals surface area contributed by atoms with Crippen LogP contribution in [0.25, 0.3) is 0 Å². The average molecular weight is 210 g/mol. The summed E-state index contributed by atoms with van der Waals surface area (Å²) in [5, 5.41) is 0. The van der Waals surface area contributed by atoms with E-state index in [2.05, 4.69) is 16.5 Å². The molecule has 1 N–H and O–H groups in total. The third-order valence-electron chi connectivity index (χ3n) is 3.01. The summed E-state index contributed by atoms with van der Waals surface area (Å²) < 4.78 is 3.13. The van der Waals surface area contributed by atoms with E-state index in [1.165, 1.54) is 31.4 Å². The standard InChI is InChI=1S/C11H18N2S/c1-2-10-8-12-11(14)13(10)7-3-4-9-5-6-9/h8-9H,2-7H2,1H3,(H,12,14). The highest BCUT2D eigenvalue weighted by molar-refractivity contribution is 7.71. The molecule has 1 aliphatic rings. The fraction of sp³-hybridized carbons (Fsp3) is 0.727. The Hall–Kier alpha value is -0.570. The molecule has 1 aliphatic carbocycles. The van der Waals surface area contributed by atoms with Crippen LogP contribution >= 0.6 is 12.2 Å². The number of H-pyrrole nitrogens is 1. The number of nitrogens with zero attached hydrogens (tertiary/aromatic N) is 1. The second kappa shape index (κ2) is 4.30. The van der Waals surface area contributed by atoms with Crippen LogP contribution in [0.4, 0.5) is 0 Å². The van der Waals surface area contributed by atoms with E-state index in [0.29, 0.717) is 0 Å². The molecule has 0 amide bonds. The predicted octanol–water partition coefficient (Wildman–Crippen LogP) is 3.30. The van der Waals surface area contributed by atoms with Gasteiger partial charge in [-0.15, -0.1) is 0 Å². The van der Waals surface area contributed by atoms with Crippen molar-refractivity contribution in [3.8, 4) is 0 Å². The Morgan fingerprint density at radius 2 is 2.36 bits per heavy atom. The second-order valence-corrected chi connectivity index (χ2v) is 4.56. The summed E-state index contributed by atoms with van der Waals surface area (Å²) in [6, 6.07) is 0. The van der Waals surface area contributed by atoms with Crippen molar-refractivity contribution in [3.63, 3.8) is 0 Å². The van der Waals surface area contributed by atoms with Crippen LogP contribution in [-0.2, 0) is 13.0 Å². The van der Waals surface area contributed by atoms with Crippen LogP contribution < -0.4 is 0 Å². The molecule has 0 unspecified atom stereocenters. The summed E-state index contributed by atoms with van der Waals surface area (Å²) in [4.78, 5) is 3.12. The zero-order valence-electron chi connectivity index (χ0n) is 8.75. The number of hydrogen-bond acceptors (Lipinski definition) is 1. The predicted molar refractivity (Wildman–Crippen MR) is 61.0 cm³/mol. The van der Waals surface area contributed by atoms with Gasteiger partial charge in [0.1, 0.15) is 0 Å². The lowest BCUT2D eigenvalue weighted by Crippen LogP contribution is -2.02. The third-order valence-corrected chi connectivity index (χ3v) is 3.35. The van der Waals surface area contributed by atoms with Gasteiger partial charge in [0.05, 0.1) is 0 Å². The monoisotopic (exact) mass is 210 g/mol. The van der Waals surface area contributed by atoms with E-state index >= 15 is 0 Å². The average Bonchev–Trinajstić information content (AvgIpc) is 2.93. The van der Waals surface area contributed by atoms with Crippen molar-refractivity contribution in [3.05, 3.63) is 16.7 Å². The second-order valence-electron chi connectivity index (χ2n) is 4.18. The van der Waals surface area contributed by atoms with Crippen LogP contribution in [0.3, 0.4) is 0 Å². The smallest absolute Gasteiger partial charge is 0.177 e. The number of aryl methyl sites for hydroxylation is 1. The largest absolute Gasteiger partial charge is 0.337 e. The molecule has 3 heteroatoms. The maximum atomic E-state index is 5.24. The van der Waals surface area contributed by atoms with Crippen molar-refractivity contribution in [2.45, 2.75) is 45.6 Å². The van der Waals surface area contributed by atoms with Gasteiger partial charge < -0.3 is 9.55 Å². The molecular formula is C11H18N2S. The van der Waals surface area contributed by atoms with Crippen LogP contribution in [0, 0.1) is 10.7 Å². The molecule has 0 spiro atoms. The van der Waals surface area contributed by atoms with Crippen LogP contribution in [-0.4, -0.2) is 9.55 Å². The molecule has 14 heavy (non-hydrogen) atoms. The van der Waals surface area contributed by atoms with E-state index in [1.807, 2.05) is 6.20 Å². The van der Waals surface area contributed by atoms with Gasteiger partial charge in [0.2, 0.25) is 0 Å². The van der Waals surface area contributed by atoms with Crippen LogP contribution in [0.1, 0.15) is 38.3 Å². The first-order valence-corrected chi connectivity index (χ1v) is 5.99. The molecule has 0 bridgehead atoms. The molecule has 0 aromatic carbocycles. The van der Waals surface area contributed by atoms with Gasteiger partial charge >= 0.3 is 0 Å². The minimum absolute atomic E-state index is 0.887. The van der Waals surface area contributed by atoms with Gasteiger partial charge in [0.25, 0.3) is 0 Å². The van der Waals surface area contributed by atoms with E-state index in [-0.39, 0.29) is 0 Å². The van der Waals surface area contributed by atoms with Crippen LogP contribution in [0.2, 0.25) is 0 Å². The van der Waals surface area contributed by atoms with Crippen molar-refractivity contribution in [1.29, 1.82) is 0 Å². The molecule has 0 aliphatic heterocycles. The highest BCUT2D eigenvalue weighted by Gasteiger charge is 2.20. The van der Waals surface area contributed by atoms with E-state index < -0.39 is 0 Å². The molecule has 2 rings (SSSR count). The number of aromatic amines is 1. The van der Waals surface area contributed by atoms with Gasteiger partial charge in [-0.25, -0.2) is 0 Å². The molecule has 2 nitrogen and oxygen atoms in total. The van der Waals surface area contributed by atoms with Gasteiger partial charge in [-0.1, -0.05) is 19.8 Å². The minimum Gasteiger partial charge on any atom is -0.337 e. The summed E-state index contributed by atoms with van der Waals surface area (Å²) in [5.74, 6) is 1.04. The van der Waals surface area contributed by atoms with Crippen molar-refractivity contribution >= 4 is 12.2 Å². The molecule has 0 radical (unpaired) electrons. The van der Waals surface area contributed by atoms with Gasteiger partial charge in [0, 0.05) is 18.4 Å². The topological polar surface area (TPSA) is 20.7 Å². The highest BCUT2D eigenvalue weighted by Crippen LogP contribution is 2.33. The first kappa shape index (κ1) is 9.97. The number of nitrogens with one attached hydrogen (secondary N) is 1. The van der Waals surface area contributed by atoms with E-state index in [9.17, 15) is 0 Å². The number of hydrogen-bond donors (Lipinski definition) is 1. The lowest BCUT2D eigenvalue weighted by molar-refractivity contribution is 0.560. The zero-order valence-corrected chi connectivity index (χ0v) is 9.57. The number of aromatic nitrogens is 2. The quantitative estimate of drug-likeness (QED) is 0.740. The van der Waals surface area contributed by atoms with Crippen molar-refractivity contribution < 1.29 is 0 Å². The molecule has 78 valence electrons. The number of imidazole rings is 1. The Labute approximate surface area is 90.3 Å². The third kappa shape index (κ3) is 2.27. The zero-order chi connectivity index (χ0) is 9.97. The van der Waals surface area contributed by atoms with Crippen molar-refractivity contribution in [2.24, 2.45) is 5.92 Å². The summed E-state index contributed by atoms with van der Waals surface area (Å²) >= 11 is 5.24.